The molecule has 0 unspecified atom stereocenters. The van der Waals surface area contributed by atoms with E-state index < -0.39 is 0 Å². The molecule has 2 atom stereocenters. The number of hydrogen-bond donors (Lipinski definition) is 0. The van der Waals surface area contributed by atoms with Crippen LogP contribution in [0.4, 0.5) is 0 Å². The molecule has 20 heavy (non-hydrogen) atoms. The first-order valence-corrected chi connectivity index (χ1v) is 7.26. The number of rotatable bonds is 3. The average molecular weight is 263 g/mol. The fourth-order valence-electron chi connectivity index (χ4n) is 3.29. The largest absolute Gasteiger partial charge is 0.331 e. The van der Waals surface area contributed by atoms with Crippen molar-refractivity contribution in [1.29, 1.82) is 0 Å². The number of amides is 1. The highest BCUT2D eigenvalue weighted by Crippen LogP contribution is 2.42. The second-order valence-corrected chi connectivity index (χ2v) is 5.84. The summed E-state index contributed by atoms with van der Waals surface area (Å²) in [5, 5.41) is 0. The molecule has 2 heteroatoms. The Morgan fingerprint density at radius 1 is 1.00 bits per heavy atom. The molecule has 0 aromatic heterocycles. The van der Waals surface area contributed by atoms with Crippen LogP contribution in [0, 0.1) is 5.92 Å². The van der Waals surface area contributed by atoms with Crippen LogP contribution in [0.5, 0.6) is 0 Å². The monoisotopic (exact) mass is 263 g/mol. The second-order valence-electron chi connectivity index (χ2n) is 5.84. The molecule has 2 aromatic rings. The van der Waals surface area contributed by atoms with Gasteiger partial charge in [-0.1, -0.05) is 48.5 Å². The second kappa shape index (κ2) is 4.48. The van der Waals surface area contributed by atoms with Gasteiger partial charge in [0.15, 0.2) is 0 Å². The molecule has 1 fully saturated rings. The van der Waals surface area contributed by atoms with Gasteiger partial charge in [0.25, 0.3) is 5.91 Å². The third-order valence-electron chi connectivity index (χ3n) is 4.48. The van der Waals surface area contributed by atoms with Crippen LogP contribution in [0.15, 0.2) is 54.6 Å². The zero-order valence-electron chi connectivity index (χ0n) is 11.3. The van der Waals surface area contributed by atoms with Gasteiger partial charge in [0.1, 0.15) is 0 Å². The predicted octanol–water partition coefficient (Wildman–Crippen LogP) is 3.27. The lowest BCUT2D eigenvalue weighted by Crippen LogP contribution is -2.27. The molecule has 2 aliphatic rings. The van der Waals surface area contributed by atoms with Gasteiger partial charge < -0.3 is 4.90 Å². The van der Waals surface area contributed by atoms with Crippen molar-refractivity contribution in [3.63, 3.8) is 0 Å². The molecule has 2 aromatic carbocycles. The fourth-order valence-corrected chi connectivity index (χ4v) is 3.29. The number of hydrogen-bond acceptors (Lipinski definition) is 1. The van der Waals surface area contributed by atoms with E-state index in [0.29, 0.717) is 12.0 Å². The third-order valence-corrected chi connectivity index (χ3v) is 4.48. The van der Waals surface area contributed by atoms with Crippen molar-refractivity contribution in [2.24, 2.45) is 5.92 Å². The lowest BCUT2D eigenvalue weighted by molar-refractivity contribution is 0.0758. The van der Waals surface area contributed by atoms with E-state index in [1.807, 2.05) is 18.2 Å². The molecule has 0 spiro atoms. The molecule has 0 N–H and O–H groups in total. The molecule has 1 aliphatic carbocycles. The van der Waals surface area contributed by atoms with Gasteiger partial charge >= 0.3 is 0 Å². The predicted molar refractivity (Wildman–Crippen MR) is 78.4 cm³/mol. The van der Waals surface area contributed by atoms with Crippen molar-refractivity contribution in [2.75, 3.05) is 0 Å². The molecular weight excluding hydrogens is 246 g/mol. The number of nitrogens with zero attached hydrogens (tertiary/aromatic N) is 1. The summed E-state index contributed by atoms with van der Waals surface area (Å²) in [6, 6.07) is 19.0. The van der Waals surface area contributed by atoms with E-state index in [0.717, 1.165) is 24.9 Å². The van der Waals surface area contributed by atoms with E-state index in [-0.39, 0.29) is 5.91 Å². The molecule has 2 nitrogen and oxygen atoms in total. The quantitative estimate of drug-likeness (QED) is 0.832. The van der Waals surface area contributed by atoms with Crippen LogP contribution in [-0.4, -0.2) is 16.8 Å². The van der Waals surface area contributed by atoms with Gasteiger partial charge in [-0.25, -0.2) is 0 Å². The van der Waals surface area contributed by atoms with E-state index in [4.69, 9.17) is 0 Å². The first-order valence-electron chi connectivity index (χ1n) is 7.26. The number of carbonyl (C=O) groups excluding carboxylic acids is 1. The number of carbonyl (C=O) groups is 1. The van der Waals surface area contributed by atoms with Crippen LogP contribution in [-0.2, 0) is 13.0 Å². The van der Waals surface area contributed by atoms with Crippen LogP contribution < -0.4 is 0 Å². The van der Waals surface area contributed by atoms with E-state index in [1.54, 1.807) is 0 Å². The lowest BCUT2D eigenvalue weighted by Gasteiger charge is -2.15. The molecule has 0 saturated heterocycles. The van der Waals surface area contributed by atoms with Crippen LogP contribution in [0.2, 0.25) is 0 Å². The Labute approximate surface area is 119 Å². The topological polar surface area (TPSA) is 20.3 Å². The van der Waals surface area contributed by atoms with Crippen molar-refractivity contribution in [3.05, 3.63) is 71.3 Å². The molecule has 100 valence electrons. The van der Waals surface area contributed by atoms with Gasteiger partial charge in [0.2, 0.25) is 0 Å². The molecule has 0 bridgehead atoms. The Morgan fingerprint density at radius 3 is 2.55 bits per heavy atom. The van der Waals surface area contributed by atoms with Crippen LogP contribution in [0.1, 0.15) is 27.9 Å². The van der Waals surface area contributed by atoms with Gasteiger partial charge in [0, 0.05) is 18.2 Å². The zero-order valence-corrected chi connectivity index (χ0v) is 11.3. The van der Waals surface area contributed by atoms with Gasteiger partial charge in [-0.15, -0.1) is 0 Å². The summed E-state index contributed by atoms with van der Waals surface area (Å²) in [5.74, 6) is 0.858. The molecule has 1 saturated carbocycles. The van der Waals surface area contributed by atoms with E-state index in [2.05, 4.69) is 41.3 Å². The van der Waals surface area contributed by atoms with Gasteiger partial charge in [-0.2, -0.15) is 0 Å². The van der Waals surface area contributed by atoms with Crippen molar-refractivity contribution in [1.82, 2.24) is 4.90 Å². The minimum absolute atomic E-state index is 0.223. The fraction of sp³-hybridized carbons (Fsp3) is 0.278. The molecular formula is C18H17NO. The van der Waals surface area contributed by atoms with Crippen molar-refractivity contribution in [3.8, 4) is 0 Å². The molecule has 1 aliphatic heterocycles. The Balaban J connectivity index is 1.46. The van der Waals surface area contributed by atoms with Gasteiger partial charge in [-0.05, 0) is 36.0 Å². The molecule has 1 amide bonds. The maximum absolute atomic E-state index is 12.4. The van der Waals surface area contributed by atoms with Crippen molar-refractivity contribution in [2.45, 2.75) is 25.4 Å². The van der Waals surface area contributed by atoms with E-state index in [1.165, 1.54) is 11.1 Å². The third kappa shape index (κ3) is 1.92. The Kier molecular flexibility index (Phi) is 2.62. The molecule has 0 radical (unpaired) electrons. The Bertz CT molecular complexity index is 649. The van der Waals surface area contributed by atoms with Crippen LogP contribution >= 0.6 is 0 Å². The molecule has 4 rings (SSSR count). The summed E-state index contributed by atoms with van der Waals surface area (Å²) in [7, 11) is 0. The SMILES string of the molecule is O=C1c2ccccc2CN1[C@H]1C[C@@H]1Cc1ccccc1. The highest BCUT2D eigenvalue weighted by molar-refractivity contribution is 5.98. The van der Waals surface area contributed by atoms with E-state index >= 15 is 0 Å². The summed E-state index contributed by atoms with van der Waals surface area (Å²) < 4.78 is 0. The Morgan fingerprint density at radius 2 is 1.75 bits per heavy atom. The number of benzene rings is 2. The minimum atomic E-state index is 0.223. The highest BCUT2D eigenvalue weighted by Gasteiger charge is 2.46. The Hall–Kier alpha value is -2.09. The van der Waals surface area contributed by atoms with E-state index in [9.17, 15) is 4.79 Å². The summed E-state index contributed by atoms with van der Waals surface area (Å²) >= 11 is 0. The van der Waals surface area contributed by atoms with Crippen LogP contribution in [0.3, 0.4) is 0 Å². The maximum Gasteiger partial charge on any atom is 0.254 e. The molecule has 1 heterocycles. The van der Waals surface area contributed by atoms with Crippen LogP contribution in [0.25, 0.3) is 0 Å². The van der Waals surface area contributed by atoms with Crippen molar-refractivity contribution < 1.29 is 4.79 Å². The summed E-state index contributed by atoms with van der Waals surface area (Å²) in [6.45, 7) is 0.797. The smallest absolute Gasteiger partial charge is 0.254 e. The highest BCUT2D eigenvalue weighted by atomic mass is 16.2. The van der Waals surface area contributed by atoms with Crippen molar-refractivity contribution >= 4 is 5.91 Å². The van der Waals surface area contributed by atoms with Gasteiger partial charge in [-0.3, -0.25) is 4.79 Å². The summed E-state index contributed by atoms with van der Waals surface area (Å²) in [5.41, 5.74) is 3.46. The maximum atomic E-state index is 12.4. The lowest BCUT2D eigenvalue weighted by atomic mass is 10.1. The normalized spacial score (nSPS) is 23.8. The first-order chi connectivity index (χ1) is 9.83. The zero-order chi connectivity index (χ0) is 13.5. The minimum Gasteiger partial charge on any atom is -0.331 e. The van der Waals surface area contributed by atoms with Gasteiger partial charge in [0.05, 0.1) is 0 Å². The average Bonchev–Trinajstić information content (AvgIpc) is 3.16. The standard InChI is InChI=1S/C18H17NO/c20-18-16-9-5-4-8-14(16)12-19(18)17-11-15(17)10-13-6-2-1-3-7-13/h1-9,15,17H,10-12H2/t15-,17-/m0/s1. The summed E-state index contributed by atoms with van der Waals surface area (Å²) in [4.78, 5) is 14.5. The number of fused-ring (bicyclic) bond motifs is 1. The summed E-state index contributed by atoms with van der Waals surface area (Å²) in [6.07, 6.45) is 2.24. The first kappa shape index (κ1) is 11.7.